The fraction of sp³-hybridized carbons (Fsp3) is 0.222. The van der Waals surface area contributed by atoms with Crippen LogP contribution in [0.4, 0.5) is 8.78 Å². The van der Waals surface area contributed by atoms with Gasteiger partial charge in [0.2, 0.25) is 0 Å². The number of halogens is 3. The number of pyridine rings is 1. The molecule has 0 saturated carbocycles. The normalized spacial score (nSPS) is 11.5. The van der Waals surface area contributed by atoms with Crippen LogP contribution in [0.25, 0.3) is 5.65 Å². The molecule has 0 radical (unpaired) electrons. The summed E-state index contributed by atoms with van der Waals surface area (Å²) in [5.41, 5.74) is 1.36. The SMILES string of the molecule is Cc1cc(Br)cn2c(C(F)F)cnc12. The quantitative estimate of drug-likeness (QED) is 0.769. The maximum Gasteiger partial charge on any atom is 0.280 e. The number of rotatable bonds is 1. The van der Waals surface area contributed by atoms with Crippen LogP contribution in [0.5, 0.6) is 0 Å². The number of alkyl halides is 2. The second-order valence-corrected chi connectivity index (χ2v) is 3.93. The Kier molecular flexibility index (Phi) is 2.26. The van der Waals surface area contributed by atoms with E-state index in [2.05, 4.69) is 20.9 Å². The van der Waals surface area contributed by atoms with Crippen molar-refractivity contribution in [3.63, 3.8) is 0 Å². The van der Waals surface area contributed by atoms with E-state index in [1.165, 1.54) is 10.6 Å². The molecule has 0 unspecified atom stereocenters. The third-order valence-electron chi connectivity index (χ3n) is 2.01. The smallest absolute Gasteiger partial charge is 0.280 e. The monoisotopic (exact) mass is 260 g/mol. The molecule has 0 aliphatic heterocycles. The van der Waals surface area contributed by atoms with Gasteiger partial charge in [-0.2, -0.15) is 0 Å². The molecule has 0 N–H and O–H groups in total. The number of hydrogen-bond acceptors (Lipinski definition) is 1. The van der Waals surface area contributed by atoms with Gasteiger partial charge in [-0.25, -0.2) is 13.8 Å². The van der Waals surface area contributed by atoms with Crippen LogP contribution in [0.3, 0.4) is 0 Å². The van der Waals surface area contributed by atoms with Crippen LogP contribution in [0.2, 0.25) is 0 Å². The van der Waals surface area contributed by atoms with E-state index in [-0.39, 0.29) is 5.69 Å². The summed E-state index contributed by atoms with van der Waals surface area (Å²) in [5, 5.41) is 0. The van der Waals surface area contributed by atoms with Gasteiger partial charge in [0, 0.05) is 10.7 Å². The van der Waals surface area contributed by atoms with E-state index in [0.717, 1.165) is 10.0 Å². The minimum Gasteiger partial charge on any atom is -0.297 e. The Labute approximate surface area is 87.7 Å². The lowest BCUT2D eigenvalue weighted by atomic mass is 10.3. The molecule has 0 aliphatic rings. The highest BCUT2D eigenvalue weighted by molar-refractivity contribution is 9.10. The molecule has 14 heavy (non-hydrogen) atoms. The Balaban J connectivity index is 2.78. The zero-order valence-electron chi connectivity index (χ0n) is 7.34. The van der Waals surface area contributed by atoms with E-state index in [4.69, 9.17) is 0 Å². The van der Waals surface area contributed by atoms with Gasteiger partial charge in [0.05, 0.1) is 6.20 Å². The van der Waals surface area contributed by atoms with Gasteiger partial charge in [-0.05, 0) is 34.5 Å². The molecule has 0 aromatic carbocycles. The second kappa shape index (κ2) is 3.31. The summed E-state index contributed by atoms with van der Waals surface area (Å²) >= 11 is 3.26. The van der Waals surface area contributed by atoms with Crippen LogP contribution in [0.1, 0.15) is 17.7 Å². The lowest BCUT2D eigenvalue weighted by Gasteiger charge is -2.02. The minimum absolute atomic E-state index is 0.0793. The van der Waals surface area contributed by atoms with Crippen molar-refractivity contribution in [2.75, 3.05) is 0 Å². The molecular formula is C9H7BrF2N2. The summed E-state index contributed by atoms with van der Waals surface area (Å²) in [7, 11) is 0. The van der Waals surface area contributed by atoms with Crippen molar-refractivity contribution in [2.24, 2.45) is 0 Å². The van der Waals surface area contributed by atoms with Crippen molar-refractivity contribution in [1.29, 1.82) is 0 Å². The topological polar surface area (TPSA) is 17.3 Å². The van der Waals surface area contributed by atoms with Gasteiger partial charge in [0.1, 0.15) is 11.3 Å². The first-order valence-electron chi connectivity index (χ1n) is 4.01. The molecule has 2 aromatic rings. The van der Waals surface area contributed by atoms with Crippen molar-refractivity contribution < 1.29 is 8.78 Å². The molecule has 0 saturated heterocycles. The van der Waals surface area contributed by atoms with Gasteiger partial charge in [-0.15, -0.1) is 0 Å². The number of nitrogens with zero attached hydrogens (tertiary/aromatic N) is 2. The Bertz CT molecular complexity index is 479. The van der Waals surface area contributed by atoms with Crippen LogP contribution in [-0.2, 0) is 0 Å². The maximum atomic E-state index is 12.5. The molecule has 0 amide bonds. The lowest BCUT2D eigenvalue weighted by molar-refractivity contribution is 0.145. The van der Waals surface area contributed by atoms with E-state index >= 15 is 0 Å². The molecule has 2 rings (SSSR count). The van der Waals surface area contributed by atoms with Gasteiger partial charge in [-0.1, -0.05) is 0 Å². The predicted octanol–water partition coefficient (Wildman–Crippen LogP) is 3.34. The number of aryl methyl sites for hydroxylation is 1. The summed E-state index contributed by atoms with van der Waals surface area (Å²) in [6.07, 6.45) is 0.301. The number of fused-ring (bicyclic) bond motifs is 1. The Morgan fingerprint density at radius 2 is 2.21 bits per heavy atom. The average Bonchev–Trinajstić information content (AvgIpc) is 2.47. The third-order valence-corrected chi connectivity index (χ3v) is 2.44. The molecule has 0 atom stereocenters. The maximum absolute atomic E-state index is 12.5. The summed E-state index contributed by atoms with van der Waals surface area (Å²) in [6.45, 7) is 1.84. The van der Waals surface area contributed by atoms with E-state index in [1.807, 2.05) is 13.0 Å². The highest BCUT2D eigenvalue weighted by atomic mass is 79.9. The fourth-order valence-corrected chi connectivity index (χ4v) is 1.94. The number of imidazole rings is 1. The summed E-state index contributed by atoms with van der Waals surface area (Å²) in [5.74, 6) is 0. The predicted molar refractivity (Wildman–Crippen MR) is 52.6 cm³/mol. The zero-order chi connectivity index (χ0) is 10.3. The molecule has 0 aliphatic carbocycles. The second-order valence-electron chi connectivity index (χ2n) is 3.02. The first-order chi connectivity index (χ1) is 6.59. The van der Waals surface area contributed by atoms with Crippen molar-refractivity contribution in [3.8, 4) is 0 Å². The van der Waals surface area contributed by atoms with Crippen molar-refractivity contribution >= 4 is 21.6 Å². The fourth-order valence-electron chi connectivity index (χ4n) is 1.39. The van der Waals surface area contributed by atoms with E-state index in [9.17, 15) is 8.78 Å². The van der Waals surface area contributed by atoms with Crippen LogP contribution >= 0.6 is 15.9 Å². The minimum atomic E-state index is -2.50. The highest BCUT2D eigenvalue weighted by Crippen LogP contribution is 2.23. The average molecular weight is 261 g/mol. The van der Waals surface area contributed by atoms with Crippen LogP contribution in [0, 0.1) is 6.92 Å². The highest BCUT2D eigenvalue weighted by Gasteiger charge is 2.14. The molecule has 0 spiro atoms. The molecule has 5 heteroatoms. The number of aromatic nitrogens is 2. The standard InChI is InChI=1S/C9H7BrF2N2/c1-5-2-6(10)4-14-7(8(11)12)3-13-9(5)14/h2-4,8H,1H3. The molecule has 0 bridgehead atoms. The van der Waals surface area contributed by atoms with Crippen LogP contribution in [-0.4, -0.2) is 9.38 Å². The number of hydrogen-bond donors (Lipinski definition) is 0. The van der Waals surface area contributed by atoms with Gasteiger partial charge in [-0.3, -0.25) is 4.40 Å². The molecule has 2 aromatic heterocycles. The Hall–Kier alpha value is -0.970. The first-order valence-corrected chi connectivity index (χ1v) is 4.80. The van der Waals surface area contributed by atoms with Crippen molar-refractivity contribution in [3.05, 3.63) is 34.2 Å². The van der Waals surface area contributed by atoms with Crippen LogP contribution in [0.15, 0.2) is 22.9 Å². The van der Waals surface area contributed by atoms with E-state index in [1.54, 1.807) is 6.20 Å². The van der Waals surface area contributed by atoms with Crippen molar-refractivity contribution in [2.45, 2.75) is 13.3 Å². The lowest BCUT2D eigenvalue weighted by Crippen LogP contribution is -1.94. The van der Waals surface area contributed by atoms with Gasteiger partial charge >= 0.3 is 0 Å². The summed E-state index contributed by atoms with van der Waals surface area (Å²) in [6, 6.07) is 1.84. The summed E-state index contributed by atoms with van der Waals surface area (Å²) < 4.78 is 27.2. The van der Waals surface area contributed by atoms with Gasteiger partial charge in [0.15, 0.2) is 0 Å². The van der Waals surface area contributed by atoms with Gasteiger partial charge < -0.3 is 0 Å². The first kappa shape index (κ1) is 9.58. The van der Waals surface area contributed by atoms with E-state index < -0.39 is 6.43 Å². The zero-order valence-corrected chi connectivity index (χ0v) is 8.92. The molecule has 74 valence electrons. The third kappa shape index (κ3) is 1.41. The molecule has 0 fully saturated rings. The van der Waals surface area contributed by atoms with Crippen molar-refractivity contribution in [1.82, 2.24) is 9.38 Å². The van der Waals surface area contributed by atoms with Gasteiger partial charge in [0.25, 0.3) is 6.43 Å². The molecule has 2 heterocycles. The Morgan fingerprint density at radius 3 is 2.86 bits per heavy atom. The molecule has 2 nitrogen and oxygen atoms in total. The van der Waals surface area contributed by atoms with Crippen LogP contribution < -0.4 is 0 Å². The molecular weight excluding hydrogens is 254 g/mol. The largest absolute Gasteiger partial charge is 0.297 e. The Morgan fingerprint density at radius 1 is 1.50 bits per heavy atom. The summed E-state index contributed by atoms with van der Waals surface area (Å²) in [4.78, 5) is 3.94. The van der Waals surface area contributed by atoms with E-state index in [0.29, 0.717) is 5.65 Å².